The van der Waals surface area contributed by atoms with Crippen molar-refractivity contribution in [3.8, 4) is 6.07 Å². The van der Waals surface area contributed by atoms with Gasteiger partial charge in [-0.25, -0.2) is 4.39 Å². The summed E-state index contributed by atoms with van der Waals surface area (Å²) in [5, 5.41) is 9.46. The van der Waals surface area contributed by atoms with Crippen molar-refractivity contribution in [2.45, 2.75) is 38.0 Å². The first kappa shape index (κ1) is 14.5. The van der Waals surface area contributed by atoms with E-state index in [-0.39, 0.29) is 16.4 Å². The van der Waals surface area contributed by atoms with Crippen LogP contribution in [0, 0.1) is 34.9 Å². The van der Waals surface area contributed by atoms with E-state index in [0.717, 1.165) is 12.3 Å². The van der Waals surface area contributed by atoms with Gasteiger partial charge in [0.2, 0.25) is 0 Å². The molecule has 0 N–H and O–H groups in total. The Hall–Kier alpha value is -1.40. The second kappa shape index (κ2) is 5.77. The van der Waals surface area contributed by atoms with Gasteiger partial charge in [0.25, 0.3) is 0 Å². The smallest absolute Gasteiger partial charge is 0.154 e. The summed E-state index contributed by atoms with van der Waals surface area (Å²) in [7, 11) is 0. The molecule has 21 heavy (non-hydrogen) atoms. The molecule has 0 radical (unpaired) electrons. The second-order valence-corrected chi connectivity index (χ2v) is 6.71. The number of hydrogen-bond donors (Lipinski definition) is 0. The molecule has 3 rings (SSSR count). The average Bonchev–Trinajstić information content (AvgIpc) is 3.05. The largest absolute Gasteiger partial charge is 0.298 e. The molecule has 0 aliphatic heterocycles. The zero-order valence-corrected chi connectivity index (χ0v) is 12.4. The lowest BCUT2D eigenvalue weighted by atomic mass is 9.82. The number of ketones is 1. The van der Waals surface area contributed by atoms with Gasteiger partial charge in [-0.1, -0.05) is 24.1 Å². The first-order valence-electron chi connectivity index (χ1n) is 7.46. The molecule has 2 nitrogen and oxygen atoms in total. The Bertz CT molecular complexity index is 589. The van der Waals surface area contributed by atoms with E-state index in [0.29, 0.717) is 18.3 Å². The lowest BCUT2D eigenvalue weighted by Crippen LogP contribution is -2.20. The SMILES string of the molecule is N#CC(C(=O)CC1CC2CCC1C2)c1c(F)cccc1Cl. The van der Waals surface area contributed by atoms with Crippen molar-refractivity contribution in [2.75, 3.05) is 0 Å². The highest BCUT2D eigenvalue weighted by Gasteiger charge is 2.41. The molecule has 4 unspecified atom stereocenters. The van der Waals surface area contributed by atoms with E-state index in [9.17, 15) is 14.4 Å². The van der Waals surface area contributed by atoms with Crippen molar-refractivity contribution in [2.24, 2.45) is 17.8 Å². The summed E-state index contributed by atoms with van der Waals surface area (Å²) in [5.41, 5.74) is 0.0369. The van der Waals surface area contributed by atoms with Crippen molar-refractivity contribution in [3.05, 3.63) is 34.6 Å². The molecule has 2 saturated carbocycles. The third kappa shape index (κ3) is 2.70. The number of hydrogen-bond acceptors (Lipinski definition) is 2. The minimum atomic E-state index is -1.09. The number of carbonyl (C=O) groups is 1. The summed E-state index contributed by atoms with van der Waals surface area (Å²) < 4.78 is 13.9. The van der Waals surface area contributed by atoms with Crippen molar-refractivity contribution in [1.29, 1.82) is 5.26 Å². The average molecular weight is 306 g/mol. The minimum absolute atomic E-state index is 0.0369. The fourth-order valence-corrected chi connectivity index (χ4v) is 4.36. The molecule has 0 amide bonds. The molecule has 4 atom stereocenters. The van der Waals surface area contributed by atoms with Crippen LogP contribution in [0.15, 0.2) is 18.2 Å². The molecule has 0 heterocycles. The van der Waals surface area contributed by atoms with Crippen LogP contribution in [0.25, 0.3) is 0 Å². The topological polar surface area (TPSA) is 40.9 Å². The summed E-state index contributed by atoms with van der Waals surface area (Å²) in [6.45, 7) is 0. The third-order valence-electron chi connectivity index (χ3n) is 5.09. The minimum Gasteiger partial charge on any atom is -0.298 e. The molecule has 110 valence electrons. The van der Waals surface area contributed by atoms with E-state index >= 15 is 0 Å². The van der Waals surface area contributed by atoms with Gasteiger partial charge in [-0.3, -0.25) is 4.79 Å². The molecular formula is C17H17ClFNO. The molecule has 1 aromatic carbocycles. The number of benzene rings is 1. The maximum Gasteiger partial charge on any atom is 0.154 e. The molecular weight excluding hydrogens is 289 g/mol. The zero-order chi connectivity index (χ0) is 15.0. The van der Waals surface area contributed by atoms with E-state index in [2.05, 4.69) is 0 Å². The summed E-state index contributed by atoms with van der Waals surface area (Å²) in [6.07, 6.45) is 5.15. The lowest BCUT2D eigenvalue weighted by Gasteiger charge is -2.22. The number of fused-ring (bicyclic) bond motifs is 2. The van der Waals surface area contributed by atoms with Crippen molar-refractivity contribution >= 4 is 17.4 Å². The Morgan fingerprint density at radius 2 is 2.24 bits per heavy atom. The van der Waals surface area contributed by atoms with Crippen LogP contribution < -0.4 is 0 Å². The predicted octanol–water partition coefficient (Wildman–Crippen LogP) is 4.48. The normalized spacial score (nSPS) is 28.3. The molecule has 2 aliphatic carbocycles. The molecule has 0 aromatic heterocycles. The van der Waals surface area contributed by atoms with E-state index in [1.807, 2.05) is 6.07 Å². The van der Waals surface area contributed by atoms with Crippen molar-refractivity contribution < 1.29 is 9.18 Å². The Morgan fingerprint density at radius 3 is 2.81 bits per heavy atom. The van der Waals surface area contributed by atoms with Crippen LogP contribution in [0.3, 0.4) is 0 Å². The molecule has 2 bridgehead atoms. The van der Waals surface area contributed by atoms with Gasteiger partial charge in [-0.15, -0.1) is 0 Å². The van der Waals surface area contributed by atoms with Gasteiger partial charge in [0.05, 0.1) is 6.07 Å². The molecule has 4 heteroatoms. The van der Waals surface area contributed by atoms with E-state index in [1.165, 1.54) is 37.5 Å². The first-order valence-corrected chi connectivity index (χ1v) is 7.84. The summed E-state index contributed by atoms with van der Waals surface area (Å²) >= 11 is 5.98. The van der Waals surface area contributed by atoms with Crippen LogP contribution in [-0.2, 0) is 4.79 Å². The van der Waals surface area contributed by atoms with Gasteiger partial charge in [0, 0.05) is 17.0 Å². The highest BCUT2D eigenvalue weighted by Crippen LogP contribution is 2.50. The number of nitrogens with zero attached hydrogens (tertiary/aromatic N) is 1. The fraction of sp³-hybridized carbons (Fsp3) is 0.529. The van der Waals surface area contributed by atoms with Gasteiger partial charge < -0.3 is 0 Å². The highest BCUT2D eigenvalue weighted by atomic mass is 35.5. The Labute approximate surface area is 128 Å². The fourth-order valence-electron chi connectivity index (χ4n) is 4.09. The number of carbonyl (C=O) groups excluding carboxylic acids is 1. The number of Topliss-reactive ketones (excluding diaryl/α,β-unsaturated/α-hetero) is 1. The summed E-state index contributed by atoms with van der Waals surface area (Å²) in [5.74, 6) is -0.104. The van der Waals surface area contributed by atoms with Gasteiger partial charge >= 0.3 is 0 Å². The van der Waals surface area contributed by atoms with Crippen molar-refractivity contribution in [3.63, 3.8) is 0 Å². The second-order valence-electron chi connectivity index (χ2n) is 6.30. The standard InChI is InChI=1S/C17H17ClFNO/c18-14-2-1-3-15(19)17(14)13(9-20)16(21)8-12-7-10-4-5-11(12)6-10/h1-3,10-13H,4-8H2. The van der Waals surface area contributed by atoms with Crippen molar-refractivity contribution in [1.82, 2.24) is 0 Å². The Kier molecular flexibility index (Phi) is 3.99. The van der Waals surface area contributed by atoms with E-state index in [4.69, 9.17) is 11.6 Å². The Balaban J connectivity index is 1.77. The van der Waals surface area contributed by atoms with Crippen LogP contribution in [0.2, 0.25) is 5.02 Å². The van der Waals surface area contributed by atoms with Crippen LogP contribution in [0.1, 0.15) is 43.6 Å². The quantitative estimate of drug-likeness (QED) is 0.823. The van der Waals surface area contributed by atoms with Gasteiger partial charge in [-0.2, -0.15) is 5.26 Å². The van der Waals surface area contributed by atoms with Crippen LogP contribution in [-0.4, -0.2) is 5.78 Å². The summed E-state index contributed by atoms with van der Waals surface area (Å²) in [6, 6.07) is 6.20. The van der Waals surface area contributed by atoms with E-state index in [1.54, 1.807) is 0 Å². The predicted molar refractivity (Wildman–Crippen MR) is 78.3 cm³/mol. The molecule has 2 fully saturated rings. The van der Waals surface area contributed by atoms with Crippen LogP contribution in [0.4, 0.5) is 4.39 Å². The number of nitriles is 1. The van der Waals surface area contributed by atoms with Gasteiger partial charge in [0.15, 0.2) is 5.78 Å². The lowest BCUT2D eigenvalue weighted by molar-refractivity contribution is -0.120. The van der Waals surface area contributed by atoms with Gasteiger partial charge in [0.1, 0.15) is 11.7 Å². The maximum atomic E-state index is 13.9. The van der Waals surface area contributed by atoms with Crippen LogP contribution >= 0.6 is 11.6 Å². The number of halogens is 2. The molecule has 0 saturated heterocycles. The maximum absolute atomic E-state index is 13.9. The van der Waals surface area contributed by atoms with Gasteiger partial charge in [-0.05, 0) is 49.1 Å². The monoisotopic (exact) mass is 305 g/mol. The Morgan fingerprint density at radius 1 is 1.43 bits per heavy atom. The third-order valence-corrected chi connectivity index (χ3v) is 5.42. The molecule has 0 spiro atoms. The van der Waals surface area contributed by atoms with Crippen LogP contribution in [0.5, 0.6) is 0 Å². The zero-order valence-electron chi connectivity index (χ0n) is 11.7. The van der Waals surface area contributed by atoms with E-state index < -0.39 is 11.7 Å². The molecule has 1 aromatic rings. The number of rotatable bonds is 4. The summed E-state index contributed by atoms with van der Waals surface area (Å²) in [4.78, 5) is 12.5. The first-order chi connectivity index (χ1) is 10.1. The highest BCUT2D eigenvalue weighted by molar-refractivity contribution is 6.31. The molecule has 2 aliphatic rings.